The van der Waals surface area contributed by atoms with Crippen molar-refractivity contribution in [3.05, 3.63) is 53.3 Å². The van der Waals surface area contributed by atoms with Crippen LogP contribution in [-0.2, 0) is 11.3 Å². The molecule has 2 heterocycles. The predicted octanol–water partition coefficient (Wildman–Crippen LogP) is 4.64. The highest BCUT2D eigenvalue weighted by Crippen LogP contribution is 2.32. The molecule has 2 aromatic heterocycles. The number of fused-ring (bicyclic) bond motifs is 1. The average molecular weight is 339 g/mol. The molecule has 124 valence electrons. The highest BCUT2D eigenvalue weighted by Gasteiger charge is 2.20. The Labute approximate surface area is 146 Å². The molecule has 0 unspecified atom stereocenters. The van der Waals surface area contributed by atoms with Crippen LogP contribution in [0.1, 0.15) is 36.6 Å². The van der Waals surface area contributed by atoms with Gasteiger partial charge in [0.1, 0.15) is 0 Å². The Hall–Kier alpha value is -2.27. The van der Waals surface area contributed by atoms with Gasteiger partial charge in [-0.25, -0.2) is 4.98 Å². The Kier molecular flexibility index (Phi) is 4.90. The maximum atomic E-state index is 12.6. The van der Waals surface area contributed by atoms with E-state index in [0.717, 1.165) is 33.0 Å². The molecule has 0 bridgehead atoms. The van der Waals surface area contributed by atoms with E-state index >= 15 is 0 Å². The molecule has 0 atom stereocenters. The van der Waals surface area contributed by atoms with Gasteiger partial charge in [-0.15, -0.1) is 0 Å². The van der Waals surface area contributed by atoms with Crippen molar-refractivity contribution in [3.63, 3.8) is 0 Å². The molecule has 1 aromatic carbocycles. The highest BCUT2D eigenvalue weighted by atomic mass is 32.1. The SMILES string of the molecule is CCCC(=O)N(Cc1ccccn1)c1nc2c(C)cc(C)cc2s1. The summed E-state index contributed by atoms with van der Waals surface area (Å²) in [5, 5.41) is 0.753. The Morgan fingerprint density at radius 2 is 2.08 bits per heavy atom. The molecule has 0 aliphatic rings. The van der Waals surface area contributed by atoms with E-state index in [1.807, 2.05) is 25.1 Å². The summed E-state index contributed by atoms with van der Waals surface area (Å²) in [5.74, 6) is 0.0941. The van der Waals surface area contributed by atoms with Crippen LogP contribution in [0.2, 0.25) is 0 Å². The second-order valence-electron chi connectivity index (χ2n) is 5.98. The Balaban J connectivity index is 2.01. The number of amides is 1. The fraction of sp³-hybridized carbons (Fsp3) is 0.316. The van der Waals surface area contributed by atoms with Crippen molar-refractivity contribution >= 4 is 32.6 Å². The Bertz CT molecular complexity index is 858. The van der Waals surface area contributed by atoms with E-state index in [1.54, 1.807) is 22.4 Å². The van der Waals surface area contributed by atoms with E-state index in [2.05, 4.69) is 31.0 Å². The number of aromatic nitrogens is 2. The van der Waals surface area contributed by atoms with Crippen molar-refractivity contribution in [3.8, 4) is 0 Å². The van der Waals surface area contributed by atoms with Crippen LogP contribution in [0.15, 0.2) is 36.5 Å². The van der Waals surface area contributed by atoms with Crippen LogP contribution in [0.25, 0.3) is 10.2 Å². The summed E-state index contributed by atoms with van der Waals surface area (Å²) in [7, 11) is 0. The maximum absolute atomic E-state index is 12.6. The minimum absolute atomic E-state index is 0.0941. The van der Waals surface area contributed by atoms with Crippen LogP contribution in [0, 0.1) is 13.8 Å². The minimum atomic E-state index is 0.0941. The van der Waals surface area contributed by atoms with Crippen molar-refractivity contribution < 1.29 is 4.79 Å². The lowest BCUT2D eigenvalue weighted by atomic mass is 10.1. The van der Waals surface area contributed by atoms with Crippen molar-refractivity contribution in [2.75, 3.05) is 4.90 Å². The molecule has 3 aromatic rings. The third-order valence-electron chi connectivity index (χ3n) is 3.86. The first-order valence-corrected chi connectivity index (χ1v) is 8.98. The van der Waals surface area contributed by atoms with Gasteiger partial charge in [-0.2, -0.15) is 0 Å². The summed E-state index contributed by atoms with van der Waals surface area (Å²) in [4.78, 5) is 23.5. The number of pyridine rings is 1. The lowest BCUT2D eigenvalue weighted by Crippen LogP contribution is -2.30. The molecule has 3 rings (SSSR count). The molecular formula is C19H21N3OS. The number of carbonyl (C=O) groups excluding carboxylic acids is 1. The minimum Gasteiger partial charge on any atom is -0.282 e. The molecule has 1 amide bonds. The van der Waals surface area contributed by atoms with Gasteiger partial charge in [0, 0.05) is 12.6 Å². The molecule has 0 saturated carbocycles. The molecule has 0 spiro atoms. The standard InChI is InChI=1S/C19H21N3OS/c1-4-7-17(23)22(12-15-8-5-6-9-20-15)19-21-18-14(3)10-13(2)11-16(18)24-19/h5-6,8-11H,4,7,12H2,1-3H3. The topological polar surface area (TPSA) is 46.1 Å². The normalized spacial score (nSPS) is 11.0. The zero-order chi connectivity index (χ0) is 17.1. The molecule has 0 saturated heterocycles. The van der Waals surface area contributed by atoms with E-state index in [1.165, 1.54) is 5.56 Å². The third kappa shape index (κ3) is 3.46. The summed E-state index contributed by atoms with van der Waals surface area (Å²) in [6.07, 6.45) is 3.09. The van der Waals surface area contributed by atoms with E-state index in [0.29, 0.717) is 13.0 Å². The zero-order valence-corrected chi connectivity index (χ0v) is 15.1. The molecule has 0 fully saturated rings. The lowest BCUT2D eigenvalue weighted by Gasteiger charge is -2.19. The van der Waals surface area contributed by atoms with Gasteiger partial charge in [-0.1, -0.05) is 30.4 Å². The Morgan fingerprint density at radius 1 is 1.25 bits per heavy atom. The average Bonchev–Trinajstić information content (AvgIpc) is 2.97. The van der Waals surface area contributed by atoms with Gasteiger partial charge in [0.25, 0.3) is 0 Å². The van der Waals surface area contributed by atoms with E-state index < -0.39 is 0 Å². The van der Waals surface area contributed by atoms with Crippen LogP contribution < -0.4 is 4.90 Å². The second kappa shape index (κ2) is 7.09. The van der Waals surface area contributed by atoms with Gasteiger partial charge in [-0.3, -0.25) is 14.7 Å². The molecule has 0 aliphatic heterocycles. The van der Waals surface area contributed by atoms with Crippen LogP contribution in [0.3, 0.4) is 0 Å². The van der Waals surface area contributed by atoms with E-state index in [4.69, 9.17) is 4.98 Å². The number of hydrogen-bond donors (Lipinski definition) is 0. The van der Waals surface area contributed by atoms with Crippen LogP contribution in [0.5, 0.6) is 0 Å². The number of hydrogen-bond acceptors (Lipinski definition) is 4. The predicted molar refractivity (Wildman–Crippen MR) is 99.4 cm³/mol. The smallest absolute Gasteiger partial charge is 0.229 e. The van der Waals surface area contributed by atoms with Gasteiger partial charge in [0.2, 0.25) is 5.91 Å². The number of nitrogens with zero attached hydrogens (tertiary/aromatic N) is 3. The summed E-state index contributed by atoms with van der Waals surface area (Å²) < 4.78 is 1.12. The van der Waals surface area contributed by atoms with Crippen molar-refractivity contribution in [1.82, 2.24) is 9.97 Å². The molecule has 0 aliphatic carbocycles. The number of thiazole rings is 1. The molecular weight excluding hydrogens is 318 g/mol. The zero-order valence-electron chi connectivity index (χ0n) is 14.2. The molecule has 0 N–H and O–H groups in total. The number of anilines is 1. The first-order valence-electron chi connectivity index (χ1n) is 8.16. The number of benzene rings is 1. The second-order valence-corrected chi connectivity index (χ2v) is 6.99. The van der Waals surface area contributed by atoms with Crippen molar-refractivity contribution in [2.24, 2.45) is 0 Å². The molecule has 0 radical (unpaired) electrons. The summed E-state index contributed by atoms with van der Waals surface area (Å²) in [6.45, 7) is 6.62. The maximum Gasteiger partial charge on any atom is 0.229 e. The monoisotopic (exact) mass is 339 g/mol. The largest absolute Gasteiger partial charge is 0.282 e. The fourth-order valence-electron chi connectivity index (χ4n) is 2.74. The van der Waals surface area contributed by atoms with Gasteiger partial charge in [0.05, 0.1) is 22.5 Å². The van der Waals surface area contributed by atoms with Crippen LogP contribution in [-0.4, -0.2) is 15.9 Å². The van der Waals surface area contributed by atoms with Crippen LogP contribution >= 0.6 is 11.3 Å². The van der Waals surface area contributed by atoms with Gasteiger partial charge >= 0.3 is 0 Å². The van der Waals surface area contributed by atoms with Gasteiger partial charge < -0.3 is 0 Å². The van der Waals surface area contributed by atoms with Gasteiger partial charge in [0.15, 0.2) is 5.13 Å². The number of rotatable bonds is 5. The van der Waals surface area contributed by atoms with Gasteiger partial charge in [-0.05, 0) is 49.6 Å². The third-order valence-corrected chi connectivity index (χ3v) is 4.89. The first kappa shape index (κ1) is 16.6. The number of aryl methyl sites for hydroxylation is 2. The molecule has 24 heavy (non-hydrogen) atoms. The Morgan fingerprint density at radius 3 is 2.79 bits per heavy atom. The van der Waals surface area contributed by atoms with Crippen molar-refractivity contribution in [2.45, 2.75) is 40.2 Å². The van der Waals surface area contributed by atoms with Crippen LogP contribution in [0.4, 0.5) is 5.13 Å². The summed E-state index contributed by atoms with van der Waals surface area (Å²) in [6, 6.07) is 10.0. The summed E-state index contributed by atoms with van der Waals surface area (Å²) in [5.41, 5.74) is 4.21. The molecule has 5 heteroatoms. The highest BCUT2D eigenvalue weighted by molar-refractivity contribution is 7.22. The van der Waals surface area contributed by atoms with E-state index in [-0.39, 0.29) is 5.91 Å². The first-order chi connectivity index (χ1) is 11.6. The fourth-order valence-corrected chi connectivity index (χ4v) is 3.90. The quantitative estimate of drug-likeness (QED) is 0.680. The number of carbonyl (C=O) groups is 1. The summed E-state index contributed by atoms with van der Waals surface area (Å²) >= 11 is 1.57. The van der Waals surface area contributed by atoms with E-state index in [9.17, 15) is 4.79 Å². The lowest BCUT2D eigenvalue weighted by molar-refractivity contribution is -0.118. The van der Waals surface area contributed by atoms with Crippen molar-refractivity contribution in [1.29, 1.82) is 0 Å². The molecule has 4 nitrogen and oxygen atoms in total.